The fraction of sp³-hybridized carbons (Fsp3) is 0.458. The number of piperazine rings is 1. The summed E-state index contributed by atoms with van der Waals surface area (Å²) in [5.41, 5.74) is 1.04. The van der Waals surface area contributed by atoms with E-state index >= 15 is 0 Å². The van der Waals surface area contributed by atoms with Crippen LogP contribution in [0, 0.1) is 12.7 Å². The molecule has 0 aliphatic carbocycles. The Kier molecular flexibility index (Phi) is 6.43. The van der Waals surface area contributed by atoms with Crippen molar-refractivity contribution in [3.8, 4) is 0 Å². The molecule has 0 unspecified atom stereocenters. The molecule has 1 aliphatic rings. The number of halogens is 1. The second-order valence-corrected chi connectivity index (χ2v) is 8.44. The molecule has 0 amide bonds. The molecule has 4 rings (SSSR count). The topological polar surface area (TPSA) is 57.7 Å². The molecule has 0 spiro atoms. The first kappa shape index (κ1) is 21.6. The number of furan rings is 1. The third-order valence-electron chi connectivity index (χ3n) is 6.23. The Labute approximate surface area is 182 Å². The Morgan fingerprint density at radius 2 is 1.94 bits per heavy atom. The summed E-state index contributed by atoms with van der Waals surface area (Å²) in [7, 11) is 1.83. The van der Waals surface area contributed by atoms with Crippen molar-refractivity contribution in [2.75, 3.05) is 37.6 Å². The Balaban J connectivity index is 1.40. The van der Waals surface area contributed by atoms with Gasteiger partial charge in [0.1, 0.15) is 29.3 Å². The van der Waals surface area contributed by atoms with Gasteiger partial charge in [0, 0.05) is 57.1 Å². The van der Waals surface area contributed by atoms with E-state index in [0.29, 0.717) is 23.0 Å². The normalized spacial score (nSPS) is 17.1. The summed E-state index contributed by atoms with van der Waals surface area (Å²) in [5.74, 6) is 2.56. The van der Waals surface area contributed by atoms with Crippen LogP contribution in [0.5, 0.6) is 0 Å². The van der Waals surface area contributed by atoms with Crippen LogP contribution in [0.3, 0.4) is 0 Å². The third-order valence-corrected chi connectivity index (χ3v) is 6.23. The highest BCUT2D eigenvalue weighted by atomic mass is 19.1. The monoisotopic (exact) mass is 426 g/mol. The minimum atomic E-state index is -0.971. The number of hydrogen-bond donors (Lipinski definition) is 1. The summed E-state index contributed by atoms with van der Waals surface area (Å²) in [4.78, 5) is 8.71. The van der Waals surface area contributed by atoms with Gasteiger partial charge in [0.05, 0.1) is 5.69 Å². The lowest BCUT2D eigenvalue weighted by Crippen LogP contribution is -2.47. The van der Waals surface area contributed by atoms with Crippen LogP contribution in [0.1, 0.15) is 48.3 Å². The van der Waals surface area contributed by atoms with Crippen molar-refractivity contribution in [3.05, 3.63) is 71.5 Å². The standard InChI is InChI=1S/C24H31FN4O2/c1-17(21-8-7-18(2)31-21)9-11-28-13-15-29(16-14-28)22-19(5-4-6-20(22)25)23(30)24-26-10-12-27(24)3/h4-8,10,12,17,23,30H,9,11,13-16H2,1-3H3/t17-,23-/m1/s1. The van der Waals surface area contributed by atoms with Crippen LogP contribution in [0.2, 0.25) is 0 Å². The molecule has 2 atom stereocenters. The molecule has 6 nitrogen and oxygen atoms in total. The van der Waals surface area contributed by atoms with Gasteiger partial charge in [0.15, 0.2) is 0 Å². The number of imidazole rings is 1. The molecule has 1 N–H and O–H groups in total. The van der Waals surface area contributed by atoms with Crippen molar-refractivity contribution in [2.24, 2.45) is 7.05 Å². The van der Waals surface area contributed by atoms with Crippen LogP contribution in [0.25, 0.3) is 0 Å². The van der Waals surface area contributed by atoms with Gasteiger partial charge in [-0.3, -0.25) is 4.90 Å². The van der Waals surface area contributed by atoms with Gasteiger partial charge < -0.3 is 19.0 Å². The van der Waals surface area contributed by atoms with Gasteiger partial charge in [-0.15, -0.1) is 0 Å². The number of aryl methyl sites for hydroxylation is 2. The summed E-state index contributed by atoms with van der Waals surface area (Å²) in [6.07, 6.45) is 3.47. The average molecular weight is 427 g/mol. The van der Waals surface area contributed by atoms with Gasteiger partial charge in [-0.1, -0.05) is 19.1 Å². The predicted molar refractivity (Wildman–Crippen MR) is 119 cm³/mol. The van der Waals surface area contributed by atoms with Crippen molar-refractivity contribution in [3.63, 3.8) is 0 Å². The van der Waals surface area contributed by atoms with E-state index in [2.05, 4.69) is 22.9 Å². The average Bonchev–Trinajstić information content (AvgIpc) is 3.40. The van der Waals surface area contributed by atoms with E-state index in [1.54, 1.807) is 29.1 Å². The van der Waals surface area contributed by atoms with Crippen molar-refractivity contribution in [2.45, 2.75) is 32.3 Å². The zero-order valence-electron chi connectivity index (χ0n) is 18.5. The lowest BCUT2D eigenvalue weighted by molar-refractivity contribution is 0.205. The Hall–Kier alpha value is -2.64. The molecule has 1 saturated heterocycles. The molecular formula is C24H31FN4O2. The van der Waals surface area contributed by atoms with E-state index < -0.39 is 6.10 Å². The molecule has 0 radical (unpaired) electrons. The molecule has 1 fully saturated rings. The number of hydrogen-bond acceptors (Lipinski definition) is 5. The SMILES string of the molecule is Cc1ccc([C@H](C)CCN2CCN(c3c(F)cccc3[C@@H](O)c3nccn3C)CC2)o1. The molecule has 0 bridgehead atoms. The van der Waals surface area contributed by atoms with Gasteiger partial charge in [-0.05, 0) is 38.1 Å². The molecule has 31 heavy (non-hydrogen) atoms. The molecule has 2 aromatic heterocycles. The van der Waals surface area contributed by atoms with Crippen LogP contribution >= 0.6 is 0 Å². The van der Waals surface area contributed by atoms with Crippen molar-refractivity contribution >= 4 is 5.69 Å². The molecule has 166 valence electrons. The van der Waals surface area contributed by atoms with Gasteiger partial charge in [-0.2, -0.15) is 0 Å². The van der Waals surface area contributed by atoms with E-state index in [-0.39, 0.29) is 5.82 Å². The van der Waals surface area contributed by atoms with Gasteiger partial charge in [0.2, 0.25) is 0 Å². The lowest BCUT2D eigenvalue weighted by atomic mass is 10.0. The highest BCUT2D eigenvalue weighted by Gasteiger charge is 2.27. The summed E-state index contributed by atoms with van der Waals surface area (Å²) < 4.78 is 22.4. The van der Waals surface area contributed by atoms with Crippen LogP contribution in [-0.4, -0.2) is 52.3 Å². The quantitative estimate of drug-likeness (QED) is 0.622. The smallest absolute Gasteiger partial charge is 0.146 e. The highest BCUT2D eigenvalue weighted by molar-refractivity contribution is 5.57. The van der Waals surface area contributed by atoms with E-state index in [4.69, 9.17) is 4.42 Å². The second kappa shape index (κ2) is 9.24. The van der Waals surface area contributed by atoms with E-state index in [1.165, 1.54) is 6.07 Å². The molecule has 1 aliphatic heterocycles. The summed E-state index contributed by atoms with van der Waals surface area (Å²) in [5, 5.41) is 10.9. The molecule has 3 heterocycles. The Morgan fingerprint density at radius 3 is 2.58 bits per heavy atom. The molecule has 1 aromatic carbocycles. The first-order valence-corrected chi connectivity index (χ1v) is 10.9. The largest absolute Gasteiger partial charge is 0.466 e. The van der Waals surface area contributed by atoms with Crippen LogP contribution in [-0.2, 0) is 7.05 Å². The molecule has 3 aromatic rings. The lowest BCUT2D eigenvalue weighted by Gasteiger charge is -2.37. The second-order valence-electron chi connectivity index (χ2n) is 8.44. The Morgan fingerprint density at radius 1 is 1.16 bits per heavy atom. The Bertz CT molecular complexity index is 1010. The maximum atomic E-state index is 14.9. The van der Waals surface area contributed by atoms with Gasteiger partial charge in [0.25, 0.3) is 0 Å². The summed E-state index contributed by atoms with van der Waals surface area (Å²) in [6.45, 7) is 8.29. The number of para-hydroxylation sites is 1. The van der Waals surface area contributed by atoms with Crippen molar-refractivity contribution in [1.82, 2.24) is 14.5 Å². The number of benzene rings is 1. The highest BCUT2D eigenvalue weighted by Crippen LogP contribution is 2.33. The number of aliphatic hydroxyl groups excluding tert-OH is 1. The van der Waals surface area contributed by atoms with Crippen LogP contribution in [0.15, 0.2) is 47.1 Å². The van der Waals surface area contributed by atoms with Crippen LogP contribution in [0.4, 0.5) is 10.1 Å². The molecule has 0 saturated carbocycles. The van der Waals surface area contributed by atoms with E-state index in [1.807, 2.05) is 24.9 Å². The predicted octanol–water partition coefficient (Wildman–Crippen LogP) is 3.86. The zero-order chi connectivity index (χ0) is 22.0. The summed E-state index contributed by atoms with van der Waals surface area (Å²) >= 11 is 0. The maximum Gasteiger partial charge on any atom is 0.146 e. The van der Waals surface area contributed by atoms with Crippen molar-refractivity contribution < 1.29 is 13.9 Å². The summed E-state index contributed by atoms with van der Waals surface area (Å²) in [6, 6.07) is 8.97. The number of aliphatic hydroxyl groups is 1. The van der Waals surface area contributed by atoms with Gasteiger partial charge >= 0.3 is 0 Å². The fourth-order valence-electron chi connectivity index (χ4n) is 4.30. The minimum Gasteiger partial charge on any atom is -0.466 e. The van der Waals surface area contributed by atoms with Crippen molar-refractivity contribution in [1.29, 1.82) is 0 Å². The fourth-order valence-corrected chi connectivity index (χ4v) is 4.30. The van der Waals surface area contributed by atoms with Crippen LogP contribution < -0.4 is 4.90 Å². The number of anilines is 1. The third kappa shape index (κ3) is 4.67. The first-order chi connectivity index (χ1) is 14.9. The van der Waals surface area contributed by atoms with Gasteiger partial charge in [-0.25, -0.2) is 9.37 Å². The van der Waals surface area contributed by atoms with E-state index in [0.717, 1.165) is 50.7 Å². The molecule has 7 heteroatoms. The zero-order valence-corrected chi connectivity index (χ0v) is 18.5. The first-order valence-electron chi connectivity index (χ1n) is 10.9. The number of aromatic nitrogens is 2. The maximum absolute atomic E-state index is 14.9. The van der Waals surface area contributed by atoms with E-state index in [9.17, 15) is 9.50 Å². The number of nitrogens with zero attached hydrogens (tertiary/aromatic N) is 4. The minimum absolute atomic E-state index is 0.305. The number of rotatable bonds is 7. The molecular weight excluding hydrogens is 395 g/mol.